The van der Waals surface area contributed by atoms with Crippen LogP contribution in [-0.4, -0.2) is 73.9 Å². The number of aliphatic hydroxyl groups is 1. The smallest absolute Gasteiger partial charge is 0.253 e. The number of nitrogens with zero attached hydrogens (tertiary/aromatic N) is 2. The van der Waals surface area contributed by atoms with Crippen LogP contribution in [0.15, 0.2) is 72.8 Å². The Kier molecular flexibility index (Phi) is 10.0. The Bertz CT molecular complexity index is 1470. The first-order valence-electron chi connectivity index (χ1n) is 16.0. The third kappa shape index (κ3) is 8.37. The highest BCUT2D eigenvalue weighted by Crippen LogP contribution is 2.49. The van der Waals surface area contributed by atoms with Gasteiger partial charge in [-0.2, -0.15) is 0 Å². The van der Waals surface area contributed by atoms with Crippen LogP contribution in [0.1, 0.15) is 66.3 Å². The number of rotatable bonds is 6. The van der Waals surface area contributed by atoms with Crippen LogP contribution < -0.4 is 19.7 Å². The van der Waals surface area contributed by atoms with Gasteiger partial charge in [0.2, 0.25) is 0 Å². The second-order valence-corrected chi connectivity index (χ2v) is 13.6. The van der Waals surface area contributed by atoms with Gasteiger partial charge in [0.15, 0.2) is 0 Å². The molecular weight excluding hydrogens is 566 g/mol. The van der Waals surface area contributed by atoms with E-state index in [9.17, 15) is 14.7 Å². The fourth-order valence-corrected chi connectivity index (χ4v) is 6.17. The number of nitrogens with one attached hydrogen (secondary N) is 1. The summed E-state index contributed by atoms with van der Waals surface area (Å²) in [6.45, 7) is 8.13. The van der Waals surface area contributed by atoms with Gasteiger partial charge in [-0.1, -0.05) is 51.1 Å². The fraction of sp³-hybridized carbons (Fsp3) is 0.459. The van der Waals surface area contributed by atoms with Crippen LogP contribution in [0, 0.1) is 11.3 Å². The molecule has 2 unspecified atom stereocenters. The molecule has 0 aromatic heterocycles. The van der Waals surface area contributed by atoms with Crippen molar-refractivity contribution in [2.75, 3.05) is 38.8 Å². The molecule has 1 aliphatic heterocycles. The number of fused-ring (bicyclic) bond motifs is 4. The quantitative estimate of drug-likeness (QED) is 0.377. The van der Waals surface area contributed by atoms with Crippen molar-refractivity contribution in [1.29, 1.82) is 0 Å². The van der Waals surface area contributed by atoms with E-state index in [0.717, 1.165) is 36.3 Å². The zero-order chi connectivity index (χ0) is 32.1. The molecule has 8 heteroatoms. The van der Waals surface area contributed by atoms with E-state index in [1.807, 2.05) is 42.5 Å². The monoisotopic (exact) mass is 613 g/mol. The van der Waals surface area contributed by atoms with Crippen molar-refractivity contribution in [3.8, 4) is 11.5 Å². The highest BCUT2D eigenvalue weighted by Gasteiger charge is 2.49. The van der Waals surface area contributed by atoms with Gasteiger partial charge in [0.05, 0.1) is 25.4 Å². The Morgan fingerprint density at radius 1 is 0.956 bits per heavy atom. The summed E-state index contributed by atoms with van der Waals surface area (Å²) in [6.07, 6.45) is 2.12. The summed E-state index contributed by atoms with van der Waals surface area (Å²) in [4.78, 5) is 30.6. The van der Waals surface area contributed by atoms with Gasteiger partial charge in [-0.3, -0.25) is 9.59 Å². The predicted molar refractivity (Wildman–Crippen MR) is 177 cm³/mol. The summed E-state index contributed by atoms with van der Waals surface area (Å²) in [5.41, 5.74) is 2.84. The number of carbonyl (C=O) groups excluding carboxylic acids is 2. The molecule has 3 aromatic rings. The van der Waals surface area contributed by atoms with E-state index in [2.05, 4.69) is 43.1 Å². The molecule has 2 amide bonds. The molecule has 3 aromatic carbocycles. The molecule has 1 aliphatic carbocycles. The van der Waals surface area contributed by atoms with E-state index >= 15 is 0 Å². The molecule has 5 rings (SSSR count). The molecule has 1 fully saturated rings. The van der Waals surface area contributed by atoms with E-state index in [1.54, 1.807) is 32.3 Å². The lowest BCUT2D eigenvalue weighted by atomic mass is 9.89. The van der Waals surface area contributed by atoms with Crippen LogP contribution in [0.5, 0.6) is 11.5 Å². The Morgan fingerprint density at radius 3 is 2.33 bits per heavy atom. The summed E-state index contributed by atoms with van der Waals surface area (Å²) < 4.78 is 12.0. The van der Waals surface area contributed by atoms with Crippen molar-refractivity contribution in [2.45, 2.75) is 64.6 Å². The number of amides is 2. The minimum Gasteiger partial charge on any atom is -0.494 e. The number of anilines is 1. The van der Waals surface area contributed by atoms with E-state index < -0.39 is 12.1 Å². The SMILES string of the molecule is CN(C)C(=O)c1cc2cc(c1)C(=O)NC([C@@H](O)CN(c1ccccc1)[C@@H]1CC1C(C)(C)C)Cc1cccc(c1)OCCCCO2. The number of ether oxygens (including phenoxy) is 2. The highest BCUT2D eigenvalue weighted by molar-refractivity contribution is 6.00. The molecule has 2 aliphatic rings. The first kappa shape index (κ1) is 32.4. The van der Waals surface area contributed by atoms with Crippen LogP contribution >= 0.6 is 0 Å². The molecular formula is C37H47N3O5. The van der Waals surface area contributed by atoms with Gasteiger partial charge in [-0.05, 0) is 85.0 Å². The third-order valence-electron chi connectivity index (χ3n) is 8.77. The summed E-state index contributed by atoms with van der Waals surface area (Å²) in [7, 11) is 3.36. The lowest BCUT2D eigenvalue weighted by molar-refractivity contribution is 0.0826. The molecule has 0 radical (unpaired) electrons. The normalized spacial score (nSPS) is 21.0. The van der Waals surface area contributed by atoms with Crippen LogP contribution in [0.25, 0.3) is 0 Å². The fourth-order valence-electron chi connectivity index (χ4n) is 6.17. The van der Waals surface area contributed by atoms with Gasteiger partial charge >= 0.3 is 0 Å². The summed E-state index contributed by atoms with van der Waals surface area (Å²) in [5, 5.41) is 15.1. The second-order valence-electron chi connectivity index (χ2n) is 13.6. The van der Waals surface area contributed by atoms with Crippen molar-refractivity contribution in [3.05, 3.63) is 89.5 Å². The highest BCUT2D eigenvalue weighted by atomic mass is 16.5. The predicted octanol–water partition coefficient (Wildman–Crippen LogP) is 5.58. The van der Waals surface area contributed by atoms with Gasteiger partial charge in [0.25, 0.3) is 11.8 Å². The Morgan fingerprint density at radius 2 is 1.67 bits per heavy atom. The van der Waals surface area contributed by atoms with E-state index in [-0.39, 0.29) is 17.2 Å². The standard InChI is InChI=1S/C37H47N3O5/c1-37(2,3)31-23-33(31)40(28-13-7-6-8-14-28)24-34(41)32-19-25-12-11-15-29(18-25)44-16-9-10-17-45-30-21-26(35(42)38-32)20-27(22-30)36(43)39(4)5/h6-8,11-15,18,20-22,31-34,41H,9-10,16-17,19,23-24H2,1-5H3,(H,38,42)/t31?,32?,33-,34+/m1/s1. The van der Waals surface area contributed by atoms with Gasteiger partial charge in [-0.25, -0.2) is 0 Å². The molecule has 45 heavy (non-hydrogen) atoms. The molecule has 1 heterocycles. The number of aliphatic hydroxyl groups excluding tert-OH is 1. The van der Waals surface area contributed by atoms with Crippen molar-refractivity contribution in [2.24, 2.45) is 11.3 Å². The maximum Gasteiger partial charge on any atom is 0.253 e. The van der Waals surface area contributed by atoms with Crippen LogP contribution in [0.4, 0.5) is 5.69 Å². The van der Waals surface area contributed by atoms with Gasteiger partial charge in [0.1, 0.15) is 11.5 Å². The lowest BCUT2D eigenvalue weighted by Gasteiger charge is -2.33. The number of carbonyl (C=O) groups is 2. The Balaban J connectivity index is 1.47. The maximum absolute atomic E-state index is 13.9. The molecule has 1 saturated carbocycles. The van der Waals surface area contributed by atoms with Crippen LogP contribution in [0.2, 0.25) is 0 Å². The lowest BCUT2D eigenvalue weighted by Crippen LogP contribution is -2.50. The van der Waals surface area contributed by atoms with Gasteiger partial charge in [-0.15, -0.1) is 0 Å². The summed E-state index contributed by atoms with van der Waals surface area (Å²) >= 11 is 0. The summed E-state index contributed by atoms with van der Waals surface area (Å²) in [6, 6.07) is 22.7. The number of hydrogen-bond acceptors (Lipinski definition) is 6. The zero-order valence-corrected chi connectivity index (χ0v) is 27.2. The number of benzene rings is 3. The maximum atomic E-state index is 13.9. The van der Waals surface area contributed by atoms with Crippen molar-refractivity contribution >= 4 is 17.5 Å². The molecule has 8 nitrogen and oxygen atoms in total. The van der Waals surface area contributed by atoms with Crippen molar-refractivity contribution < 1.29 is 24.2 Å². The molecule has 4 bridgehead atoms. The molecule has 0 saturated heterocycles. The van der Waals surface area contributed by atoms with Crippen LogP contribution in [-0.2, 0) is 6.42 Å². The minimum absolute atomic E-state index is 0.147. The van der Waals surface area contributed by atoms with Crippen molar-refractivity contribution in [3.63, 3.8) is 0 Å². The first-order chi connectivity index (χ1) is 21.5. The van der Waals surface area contributed by atoms with Gasteiger partial charge in [0, 0.05) is 43.5 Å². The molecule has 2 N–H and O–H groups in total. The average Bonchev–Trinajstić information content (AvgIpc) is 3.82. The molecule has 240 valence electrons. The topological polar surface area (TPSA) is 91.3 Å². The Hall–Kier alpha value is -4.04. The third-order valence-corrected chi connectivity index (χ3v) is 8.77. The molecule has 0 spiro atoms. The minimum atomic E-state index is -0.888. The van der Waals surface area contributed by atoms with E-state index in [1.165, 1.54) is 4.90 Å². The van der Waals surface area contributed by atoms with E-state index in [4.69, 9.17) is 9.47 Å². The van der Waals surface area contributed by atoms with Crippen molar-refractivity contribution in [1.82, 2.24) is 10.2 Å². The number of hydrogen-bond donors (Lipinski definition) is 2. The number of para-hydroxylation sites is 1. The van der Waals surface area contributed by atoms with E-state index in [0.29, 0.717) is 55.0 Å². The first-order valence-corrected chi connectivity index (χ1v) is 16.0. The second kappa shape index (κ2) is 13.9. The largest absolute Gasteiger partial charge is 0.494 e. The van der Waals surface area contributed by atoms with Crippen LogP contribution in [0.3, 0.4) is 0 Å². The average molecular weight is 614 g/mol. The zero-order valence-electron chi connectivity index (χ0n) is 27.2. The van der Waals surface area contributed by atoms with Gasteiger partial charge < -0.3 is 29.7 Å². The Labute approximate surface area is 267 Å². The summed E-state index contributed by atoms with van der Waals surface area (Å²) in [5.74, 6) is 1.12. The molecule has 4 atom stereocenters.